The first-order valence-corrected chi connectivity index (χ1v) is 8.65. The summed E-state index contributed by atoms with van der Waals surface area (Å²) < 4.78 is 5.14. The van der Waals surface area contributed by atoms with Crippen LogP contribution in [0.15, 0.2) is 29.2 Å². The molecule has 0 spiro atoms. The van der Waals surface area contributed by atoms with E-state index < -0.39 is 0 Å². The highest BCUT2D eigenvalue weighted by atomic mass is 32.2. The van der Waals surface area contributed by atoms with E-state index in [4.69, 9.17) is 4.74 Å². The normalized spacial score (nSPS) is 14.3. The smallest absolute Gasteiger partial charge is 0.233 e. The van der Waals surface area contributed by atoms with E-state index in [-0.39, 0.29) is 5.91 Å². The molecular formula is C17H25NO2S. The number of hydrogen-bond donors (Lipinski definition) is 0. The number of rotatable bonds is 8. The summed E-state index contributed by atoms with van der Waals surface area (Å²) >= 11 is 1.61. The Kier molecular flexibility index (Phi) is 5.97. The summed E-state index contributed by atoms with van der Waals surface area (Å²) in [5.41, 5.74) is 0. The van der Waals surface area contributed by atoms with Crippen LogP contribution in [0, 0.1) is 5.92 Å². The SMILES string of the molecule is COc1ccc(SCC(=O)N(CCC(C)C)C2CC2)cc1. The molecule has 1 fully saturated rings. The number of carbonyl (C=O) groups excluding carboxylic acids is 1. The van der Waals surface area contributed by atoms with Crippen molar-refractivity contribution in [3.63, 3.8) is 0 Å². The first kappa shape index (κ1) is 16.2. The number of hydrogen-bond acceptors (Lipinski definition) is 3. The Balaban J connectivity index is 1.83. The summed E-state index contributed by atoms with van der Waals surface area (Å²) in [4.78, 5) is 15.6. The number of ether oxygens (including phenoxy) is 1. The van der Waals surface area contributed by atoms with E-state index in [9.17, 15) is 4.79 Å². The lowest BCUT2D eigenvalue weighted by molar-refractivity contribution is -0.129. The molecule has 0 radical (unpaired) electrons. The molecule has 0 unspecified atom stereocenters. The molecule has 0 aromatic heterocycles. The minimum absolute atomic E-state index is 0.277. The van der Waals surface area contributed by atoms with Crippen LogP contribution in [0.1, 0.15) is 33.1 Å². The van der Waals surface area contributed by atoms with Crippen LogP contribution in [0.4, 0.5) is 0 Å². The molecule has 0 bridgehead atoms. The van der Waals surface area contributed by atoms with Gasteiger partial charge in [-0.25, -0.2) is 0 Å². The average Bonchev–Trinajstić information content (AvgIpc) is 3.30. The monoisotopic (exact) mass is 307 g/mol. The van der Waals surface area contributed by atoms with E-state index >= 15 is 0 Å². The third-order valence-corrected chi connectivity index (χ3v) is 4.67. The Labute approximate surface area is 132 Å². The van der Waals surface area contributed by atoms with Crippen LogP contribution in [0.5, 0.6) is 5.75 Å². The molecule has 1 aliphatic rings. The summed E-state index contributed by atoms with van der Waals surface area (Å²) in [6.07, 6.45) is 3.45. The van der Waals surface area contributed by atoms with Gasteiger partial charge in [0, 0.05) is 17.5 Å². The molecule has 2 rings (SSSR count). The average molecular weight is 307 g/mol. The van der Waals surface area contributed by atoms with E-state index in [1.165, 1.54) is 12.8 Å². The van der Waals surface area contributed by atoms with Crippen molar-refractivity contribution >= 4 is 17.7 Å². The number of methoxy groups -OCH3 is 1. The molecule has 4 heteroatoms. The fourth-order valence-electron chi connectivity index (χ4n) is 2.19. The Morgan fingerprint density at radius 2 is 2.00 bits per heavy atom. The number of nitrogens with zero attached hydrogens (tertiary/aromatic N) is 1. The first-order chi connectivity index (χ1) is 10.1. The summed E-state index contributed by atoms with van der Waals surface area (Å²) in [5, 5.41) is 0. The van der Waals surface area contributed by atoms with Crippen LogP contribution in [0.2, 0.25) is 0 Å². The van der Waals surface area contributed by atoms with E-state index in [1.54, 1.807) is 18.9 Å². The topological polar surface area (TPSA) is 29.5 Å². The molecular weight excluding hydrogens is 282 g/mol. The van der Waals surface area contributed by atoms with Crippen molar-refractivity contribution in [1.29, 1.82) is 0 Å². The summed E-state index contributed by atoms with van der Waals surface area (Å²) in [6.45, 7) is 5.33. The van der Waals surface area contributed by atoms with Gasteiger partial charge < -0.3 is 9.64 Å². The highest BCUT2D eigenvalue weighted by Crippen LogP contribution is 2.29. The second-order valence-corrected chi connectivity index (χ2v) is 7.01. The minimum Gasteiger partial charge on any atom is -0.497 e. The molecule has 0 saturated heterocycles. The van der Waals surface area contributed by atoms with Gasteiger partial charge in [-0.3, -0.25) is 4.79 Å². The van der Waals surface area contributed by atoms with Crippen molar-refractivity contribution in [3.8, 4) is 5.75 Å². The van der Waals surface area contributed by atoms with E-state index in [2.05, 4.69) is 18.7 Å². The molecule has 3 nitrogen and oxygen atoms in total. The highest BCUT2D eigenvalue weighted by Gasteiger charge is 2.31. The van der Waals surface area contributed by atoms with E-state index in [0.717, 1.165) is 23.6 Å². The quantitative estimate of drug-likeness (QED) is 0.684. The standard InChI is InChI=1S/C17H25NO2S/c1-13(2)10-11-18(14-4-5-14)17(19)12-21-16-8-6-15(20-3)7-9-16/h6-9,13-14H,4-5,10-12H2,1-3H3. The van der Waals surface area contributed by atoms with Gasteiger partial charge in [-0.15, -0.1) is 11.8 Å². The van der Waals surface area contributed by atoms with Crippen LogP contribution in [-0.4, -0.2) is 36.3 Å². The zero-order valence-electron chi connectivity index (χ0n) is 13.2. The Morgan fingerprint density at radius 1 is 1.33 bits per heavy atom. The Hall–Kier alpha value is -1.16. The largest absolute Gasteiger partial charge is 0.497 e. The van der Waals surface area contributed by atoms with Gasteiger partial charge in [0.05, 0.1) is 12.9 Å². The lowest BCUT2D eigenvalue weighted by Gasteiger charge is -2.23. The fourth-order valence-corrected chi connectivity index (χ4v) is 2.98. The highest BCUT2D eigenvalue weighted by molar-refractivity contribution is 8.00. The van der Waals surface area contributed by atoms with Gasteiger partial charge in [0.2, 0.25) is 5.91 Å². The van der Waals surface area contributed by atoms with Crippen molar-refractivity contribution in [3.05, 3.63) is 24.3 Å². The van der Waals surface area contributed by atoms with Gasteiger partial charge in [-0.2, -0.15) is 0 Å². The fraction of sp³-hybridized carbons (Fsp3) is 0.588. The van der Waals surface area contributed by atoms with Crippen LogP contribution in [0.25, 0.3) is 0 Å². The molecule has 1 aromatic carbocycles. The number of benzene rings is 1. The molecule has 0 aliphatic heterocycles. The number of thioether (sulfide) groups is 1. The van der Waals surface area contributed by atoms with Crippen molar-refractivity contribution in [2.75, 3.05) is 19.4 Å². The summed E-state index contributed by atoms with van der Waals surface area (Å²) in [7, 11) is 1.66. The number of carbonyl (C=O) groups is 1. The first-order valence-electron chi connectivity index (χ1n) is 7.66. The maximum absolute atomic E-state index is 12.4. The van der Waals surface area contributed by atoms with Crippen LogP contribution < -0.4 is 4.74 Å². The third kappa shape index (κ3) is 5.27. The van der Waals surface area contributed by atoms with Crippen molar-refractivity contribution in [1.82, 2.24) is 4.90 Å². The van der Waals surface area contributed by atoms with Gasteiger partial charge >= 0.3 is 0 Å². The second kappa shape index (κ2) is 7.74. The maximum Gasteiger partial charge on any atom is 0.233 e. The molecule has 1 aliphatic carbocycles. The maximum atomic E-state index is 12.4. The van der Waals surface area contributed by atoms with Crippen molar-refractivity contribution in [2.24, 2.45) is 5.92 Å². The zero-order chi connectivity index (χ0) is 15.2. The molecule has 116 valence electrons. The second-order valence-electron chi connectivity index (χ2n) is 5.97. The van der Waals surface area contributed by atoms with Gasteiger partial charge in [0.25, 0.3) is 0 Å². The van der Waals surface area contributed by atoms with Crippen molar-refractivity contribution < 1.29 is 9.53 Å². The van der Waals surface area contributed by atoms with Gasteiger partial charge in [0.15, 0.2) is 0 Å². The molecule has 0 atom stereocenters. The van der Waals surface area contributed by atoms with Crippen LogP contribution >= 0.6 is 11.8 Å². The Bertz CT molecular complexity index is 454. The molecule has 0 heterocycles. The molecule has 1 aromatic rings. The number of amides is 1. The summed E-state index contributed by atoms with van der Waals surface area (Å²) in [6, 6.07) is 8.39. The molecule has 1 saturated carbocycles. The predicted molar refractivity (Wildman–Crippen MR) is 87.9 cm³/mol. The van der Waals surface area contributed by atoms with Crippen LogP contribution in [-0.2, 0) is 4.79 Å². The lowest BCUT2D eigenvalue weighted by atomic mass is 10.1. The summed E-state index contributed by atoms with van der Waals surface area (Å²) in [5.74, 6) is 2.30. The van der Waals surface area contributed by atoms with E-state index in [1.807, 2.05) is 24.3 Å². The van der Waals surface area contributed by atoms with Gasteiger partial charge in [0.1, 0.15) is 5.75 Å². The van der Waals surface area contributed by atoms with Gasteiger partial charge in [-0.1, -0.05) is 13.8 Å². The molecule has 21 heavy (non-hydrogen) atoms. The van der Waals surface area contributed by atoms with Gasteiger partial charge in [-0.05, 0) is 49.4 Å². The predicted octanol–water partition coefficient (Wildman–Crippen LogP) is 3.82. The lowest BCUT2D eigenvalue weighted by Crippen LogP contribution is -2.35. The van der Waals surface area contributed by atoms with E-state index in [0.29, 0.717) is 17.7 Å². The van der Waals surface area contributed by atoms with Crippen molar-refractivity contribution in [2.45, 2.75) is 44.0 Å². The Morgan fingerprint density at radius 3 is 2.52 bits per heavy atom. The molecule has 1 amide bonds. The zero-order valence-corrected chi connectivity index (χ0v) is 14.0. The molecule has 0 N–H and O–H groups in total. The minimum atomic E-state index is 0.277. The third-order valence-electron chi connectivity index (χ3n) is 3.68. The van der Waals surface area contributed by atoms with Crippen LogP contribution in [0.3, 0.4) is 0 Å².